The summed E-state index contributed by atoms with van der Waals surface area (Å²) in [6.45, 7) is -0.429. The van der Waals surface area contributed by atoms with Gasteiger partial charge in [-0.3, -0.25) is 10.1 Å². The maximum Gasteiger partial charge on any atom is 0.258 e. The van der Waals surface area contributed by atoms with E-state index in [9.17, 15) is 20.1 Å². The van der Waals surface area contributed by atoms with Crippen molar-refractivity contribution in [2.45, 2.75) is 24.4 Å². The van der Waals surface area contributed by atoms with Gasteiger partial charge in [0.15, 0.2) is 5.65 Å². The van der Waals surface area contributed by atoms with E-state index < -0.39 is 31.0 Å². The molecular formula is C17H17N5O5. The Balaban J connectivity index is 1.65. The summed E-state index contributed by atoms with van der Waals surface area (Å²) in [6, 6.07) is 8.64. The Morgan fingerprint density at radius 2 is 1.96 bits per heavy atom. The zero-order valence-electron chi connectivity index (χ0n) is 14.0. The van der Waals surface area contributed by atoms with Crippen LogP contribution in [0.15, 0.2) is 42.9 Å². The second kappa shape index (κ2) is 7.00. The molecule has 27 heavy (non-hydrogen) atoms. The maximum absolute atomic E-state index is 12.4. The largest absolute Gasteiger partial charge is 0.394 e. The molecule has 3 aromatic rings. The summed E-state index contributed by atoms with van der Waals surface area (Å²) in [6.07, 6.45) is -1.62. The van der Waals surface area contributed by atoms with Crippen molar-refractivity contribution in [3.05, 3.63) is 54.0 Å². The van der Waals surface area contributed by atoms with Crippen LogP contribution in [0, 0.1) is 0 Å². The van der Waals surface area contributed by atoms with E-state index in [1.54, 1.807) is 30.3 Å². The number of carbonyl (C=O) groups is 1. The second-order valence-electron chi connectivity index (χ2n) is 6.11. The summed E-state index contributed by atoms with van der Waals surface area (Å²) in [5, 5.41) is 36.2. The number of ether oxygens (including phenoxy) is 1. The van der Waals surface area contributed by atoms with Crippen LogP contribution in [0.25, 0.3) is 5.65 Å². The summed E-state index contributed by atoms with van der Waals surface area (Å²) in [7, 11) is 0. The first-order valence-corrected chi connectivity index (χ1v) is 8.27. The van der Waals surface area contributed by atoms with Crippen LogP contribution in [0.5, 0.6) is 0 Å². The van der Waals surface area contributed by atoms with Crippen LogP contribution in [-0.2, 0) is 4.74 Å². The Morgan fingerprint density at radius 3 is 2.67 bits per heavy atom. The van der Waals surface area contributed by atoms with Crippen LogP contribution in [-0.4, -0.2) is 65.7 Å². The highest BCUT2D eigenvalue weighted by atomic mass is 16.6. The number of nitrogens with one attached hydrogen (secondary N) is 1. The molecule has 1 fully saturated rings. The molecule has 4 N–H and O–H groups in total. The van der Waals surface area contributed by atoms with E-state index in [0.717, 1.165) is 0 Å². The predicted molar refractivity (Wildman–Crippen MR) is 91.9 cm³/mol. The first kappa shape index (κ1) is 17.5. The topological polar surface area (TPSA) is 142 Å². The van der Waals surface area contributed by atoms with Crippen LogP contribution < -0.4 is 5.32 Å². The van der Waals surface area contributed by atoms with Crippen molar-refractivity contribution in [1.29, 1.82) is 0 Å². The number of aliphatic hydroxyl groups excluding tert-OH is 3. The van der Waals surface area contributed by atoms with Gasteiger partial charge in [0.05, 0.1) is 12.8 Å². The van der Waals surface area contributed by atoms with E-state index in [1.807, 2.05) is 0 Å². The lowest BCUT2D eigenvalue weighted by Gasteiger charge is -2.13. The van der Waals surface area contributed by atoms with Crippen LogP contribution >= 0.6 is 0 Å². The van der Waals surface area contributed by atoms with Crippen molar-refractivity contribution in [3.8, 4) is 0 Å². The standard InChI is InChI=1S/C17H17N5O5/c23-7-11-12(24)13(25)14(27-11)10-6-20-22-15(10)18-8-19-17(22)21-16(26)9-4-2-1-3-5-9/h1-6,8,11-14,23-25H,7H2,(H,18,19,21,26). The monoisotopic (exact) mass is 371 g/mol. The highest BCUT2D eigenvalue weighted by Gasteiger charge is 2.44. The van der Waals surface area contributed by atoms with Gasteiger partial charge < -0.3 is 20.1 Å². The fraction of sp³-hybridized carbons (Fsp3) is 0.294. The lowest BCUT2D eigenvalue weighted by molar-refractivity contribution is -0.0224. The molecular weight excluding hydrogens is 354 g/mol. The number of carbonyl (C=O) groups excluding carboxylic acids is 1. The molecule has 2 aromatic heterocycles. The third-order valence-electron chi connectivity index (χ3n) is 4.44. The quantitative estimate of drug-likeness (QED) is 0.482. The van der Waals surface area contributed by atoms with Crippen molar-refractivity contribution in [3.63, 3.8) is 0 Å². The molecule has 3 heterocycles. The molecule has 0 bridgehead atoms. The molecule has 10 nitrogen and oxygen atoms in total. The van der Waals surface area contributed by atoms with Gasteiger partial charge in [0.25, 0.3) is 5.91 Å². The Morgan fingerprint density at radius 1 is 1.19 bits per heavy atom. The zero-order chi connectivity index (χ0) is 19.0. The van der Waals surface area contributed by atoms with E-state index in [0.29, 0.717) is 16.8 Å². The molecule has 1 amide bonds. The first-order valence-electron chi connectivity index (χ1n) is 8.27. The average Bonchev–Trinajstić information content (AvgIpc) is 3.25. The molecule has 0 saturated carbocycles. The molecule has 4 unspecified atom stereocenters. The minimum absolute atomic E-state index is 0.145. The van der Waals surface area contributed by atoms with Gasteiger partial charge in [-0.15, -0.1) is 0 Å². The third-order valence-corrected chi connectivity index (χ3v) is 4.44. The van der Waals surface area contributed by atoms with Crippen LogP contribution in [0.2, 0.25) is 0 Å². The number of hydrogen-bond acceptors (Lipinski definition) is 8. The maximum atomic E-state index is 12.4. The number of aliphatic hydroxyl groups is 3. The molecule has 4 atom stereocenters. The summed E-state index contributed by atoms with van der Waals surface area (Å²) < 4.78 is 6.84. The normalized spacial score (nSPS) is 25.0. The average molecular weight is 371 g/mol. The number of benzene rings is 1. The van der Waals surface area contributed by atoms with Crippen molar-refractivity contribution < 1.29 is 24.9 Å². The van der Waals surface area contributed by atoms with Crippen LogP contribution in [0.3, 0.4) is 0 Å². The number of fused-ring (bicyclic) bond motifs is 1. The van der Waals surface area contributed by atoms with Gasteiger partial charge in [-0.1, -0.05) is 18.2 Å². The van der Waals surface area contributed by atoms with E-state index in [2.05, 4.69) is 20.4 Å². The van der Waals surface area contributed by atoms with E-state index >= 15 is 0 Å². The van der Waals surface area contributed by atoms with Gasteiger partial charge >= 0.3 is 0 Å². The van der Waals surface area contributed by atoms with E-state index in [-0.39, 0.29) is 11.9 Å². The number of anilines is 1. The lowest BCUT2D eigenvalue weighted by atomic mass is 10.0. The Kier molecular flexibility index (Phi) is 4.54. The fourth-order valence-electron chi connectivity index (χ4n) is 3.04. The predicted octanol–water partition coefficient (Wildman–Crippen LogP) is -0.469. The molecule has 1 aliphatic rings. The number of aromatic nitrogens is 4. The number of nitrogens with zero attached hydrogens (tertiary/aromatic N) is 4. The zero-order valence-corrected chi connectivity index (χ0v) is 14.0. The minimum Gasteiger partial charge on any atom is -0.394 e. The van der Waals surface area contributed by atoms with Gasteiger partial charge in [0, 0.05) is 11.1 Å². The highest BCUT2D eigenvalue weighted by molar-refractivity contribution is 6.03. The smallest absolute Gasteiger partial charge is 0.258 e. The molecule has 1 aromatic carbocycles. The minimum atomic E-state index is -1.24. The van der Waals surface area contributed by atoms with Gasteiger partial charge in [0.2, 0.25) is 5.95 Å². The van der Waals surface area contributed by atoms with Gasteiger partial charge in [-0.25, -0.2) is 9.97 Å². The van der Waals surface area contributed by atoms with Crippen LogP contribution in [0.4, 0.5) is 5.95 Å². The molecule has 4 rings (SSSR count). The second-order valence-corrected chi connectivity index (χ2v) is 6.11. The van der Waals surface area contributed by atoms with Gasteiger partial charge in [0.1, 0.15) is 30.7 Å². The summed E-state index contributed by atoms with van der Waals surface area (Å²) >= 11 is 0. The van der Waals surface area contributed by atoms with Crippen molar-refractivity contribution in [2.24, 2.45) is 0 Å². The van der Waals surface area contributed by atoms with Crippen LogP contribution in [0.1, 0.15) is 22.0 Å². The van der Waals surface area contributed by atoms with Gasteiger partial charge in [-0.05, 0) is 12.1 Å². The SMILES string of the molecule is O=C(Nc1ncnc2c(C3OC(CO)C(O)C3O)cnn12)c1ccccc1. The molecule has 0 radical (unpaired) electrons. The summed E-state index contributed by atoms with van der Waals surface area (Å²) in [5.74, 6) is -0.215. The molecule has 10 heteroatoms. The Labute approximate surface area is 153 Å². The lowest BCUT2D eigenvalue weighted by Crippen LogP contribution is -2.32. The third kappa shape index (κ3) is 3.04. The van der Waals surface area contributed by atoms with E-state index in [4.69, 9.17) is 4.74 Å². The molecule has 0 spiro atoms. The molecule has 0 aliphatic carbocycles. The number of rotatable bonds is 4. The fourth-order valence-corrected chi connectivity index (χ4v) is 3.04. The van der Waals surface area contributed by atoms with Crippen molar-refractivity contribution in [2.75, 3.05) is 11.9 Å². The highest BCUT2D eigenvalue weighted by Crippen LogP contribution is 2.35. The van der Waals surface area contributed by atoms with Crippen molar-refractivity contribution >= 4 is 17.5 Å². The molecule has 1 aliphatic heterocycles. The number of hydrogen-bond donors (Lipinski definition) is 4. The first-order chi connectivity index (χ1) is 13.1. The summed E-state index contributed by atoms with van der Waals surface area (Å²) in [4.78, 5) is 20.5. The molecule has 1 saturated heterocycles. The number of amides is 1. The van der Waals surface area contributed by atoms with Gasteiger partial charge in [-0.2, -0.15) is 9.61 Å². The Hall–Kier alpha value is -2.92. The van der Waals surface area contributed by atoms with Crippen molar-refractivity contribution in [1.82, 2.24) is 19.6 Å². The van der Waals surface area contributed by atoms with E-state index in [1.165, 1.54) is 17.0 Å². The Bertz CT molecular complexity index is 963. The molecule has 140 valence electrons. The summed E-state index contributed by atoms with van der Waals surface area (Å²) in [5.41, 5.74) is 1.18.